The van der Waals surface area contributed by atoms with Gasteiger partial charge in [-0.2, -0.15) is 0 Å². The minimum Gasteiger partial charge on any atom is -0.352 e. The Labute approximate surface area is 125 Å². The second kappa shape index (κ2) is 7.10. The van der Waals surface area contributed by atoms with Gasteiger partial charge in [-0.05, 0) is 31.0 Å². The van der Waals surface area contributed by atoms with Gasteiger partial charge in [0.2, 0.25) is 10.0 Å². The maximum atomic E-state index is 13.7. The van der Waals surface area contributed by atoms with E-state index in [1.54, 1.807) is 6.26 Å². The first-order valence-electron chi connectivity index (χ1n) is 6.04. The van der Waals surface area contributed by atoms with E-state index in [2.05, 4.69) is 5.32 Å². The fourth-order valence-electron chi connectivity index (χ4n) is 1.65. The molecule has 21 heavy (non-hydrogen) atoms. The molecule has 0 aliphatic carbocycles. The lowest BCUT2D eigenvalue weighted by Crippen LogP contribution is -2.26. The maximum absolute atomic E-state index is 13.7. The van der Waals surface area contributed by atoms with Crippen molar-refractivity contribution in [3.63, 3.8) is 0 Å². The first-order chi connectivity index (χ1) is 9.62. The minimum absolute atomic E-state index is 0.00976. The van der Waals surface area contributed by atoms with Gasteiger partial charge in [0.25, 0.3) is 5.91 Å². The van der Waals surface area contributed by atoms with Crippen LogP contribution in [-0.2, 0) is 20.8 Å². The molecule has 0 aliphatic heterocycles. The molecule has 1 aromatic carbocycles. The Hall–Kier alpha value is -1.32. The van der Waals surface area contributed by atoms with Crippen molar-refractivity contribution in [3.8, 4) is 0 Å². The number of halogens is 1. The molecule has 0 saturated carbocycles. The molecule has 0 heterocycles. The summed E-state index contributed by atoms with van der Waals surface area (Å²) in [5.74, 6) is -1.05. The number of hydrogen-bond donors (Lipinski definition) is 2. The van der Waals surface area contributed by atoms with Crippen molar-refractivity contribution >= 4 is 26.7 Å². The van der Waals surface area contributed by atoms with Gasteiger partial charge in [0, 0.05) is 34.9 Å². The number of sulfonamides is 1. The first kappa shape index (κ1) is 17.7. The van der Waals surface area contributed by atoms with Crippen LogP contribution in [0, 0.1) is 12.7 Å². The standard InChI is InChI=1S/C12H17FN2O4S2/c1-8-6-9(7-10(11(8)13)21(14,18)19)12(16)15-4-3-5-20(2)17/h6-7H,3-5H2,1-2H3,(H,15,16)(H2,14,18,19). The number of rotatable bonds is 6. The summed E-state index contributed by atoms with van der Waals surface area (Å²) in [5.41, 5.74) is 0.0249. The molecule has 1 rings (SSSR count). The second-order valence-electron chi connectivity index (χ2n) is 4.54. The van der Waals surface area contributed by atoms with Gasteiger partial charge in [0.05, 0.1) is 0 Å². The average Bonchev–Trinajstić information content (AvgIpc) is 2.35. The molecule has 6 nitrogen and oxygen atoms in total. The van der Waals surface area contributed by atoms with E-state index in [0.717, 1.165) is 6.07 Å². The molecule has 0 spiro atoms. The Morgan fingerprint density at radius 1 is 1.43 bits per heavy atom. The fraction of sp³-hybridized carbons (Fsp3) is 0.417. The van der Waals surface area contributed by atoms with Gasteiger partial charge in [-0.3, -0.25) is 9.00 Å². The van der Waals surface area contributed by atoms with Crippen LogP contribution in [0.3, 0.4) is 0 Å². The van der Waals surface area contributed by atoms with Crippen LogP contribution >= 0.6 is 0 Å². The highest BCUT2D eigenvalue weighted by Crippen LogP contribution is 2.19. The molecule has 1 amide bonds. The summed E-state index contributed by atoms with van der Waals surface area (Å²) < 4.78 is 47.2. The van der Waals surface area contributed by atoms with Crippen LogP contribution in [0.25, 0.3) is 0 Å². The Balaban J connectivity index is 2.91. The molecule has 0 fully saturated rings. The minimum atomic E-state index is -4.24. The summed E-state index contributed by atoms with van der Waals surface area (Å²) in [5, 5.41) is 7.47. The molecular weight excluding hydrogens is 319 g/mol. The third-order valence-electron chi connectivity index (χ3n) is 2.68. The highest BCUT2D eigenvalue weighted by Gasteiger charge is 2.19. The normalized spacial score (nSPS) is 13.0. The monoisotopic (exact) mass is 336 g/mol. The summed E-state index contributed by atoms with van der Waals surface area (Å²) in [4.78, 5) is 11.2. The van der Waals surface area contributed by atoms with Crippen molar-refractivity contribution < 1.29 is 21.8 Å². The van der Waals surface area contributed by atoms with Gasteiger partial charge in [-0.15, -0.1) is 0 Å². The van der Waals surface area contributed by atoms with Crippen molar-refractivity contribution in [2.75, 3.05) is 18.6 Å². The second-order valence-corrected chi connectivity index (χ2v) is 7.62. The van der Waals surface area contributed by atoms with Crippen molar-refractivity contribution in [1.29, 1.82) is 0 Å². The SMILES string of the molecule is Cc1cc(C(=O)NCCCS(C)=O)cc(S(N)(=O)=O)c1F. The van der Waals surface area contributed by atoms with Crippen LogP contribution in [0.15, 0.2) is 17.0 Å². The molecule has 9 heteroatoms. The van der Waals surface area contributed by atoms with Crippen molar-refractivity contribution in [2.24, 2.45) is 5.14 Å². The average molecular weight is 336 g/mol. The predicted molar refractivity (Wildman–Crippen MR) is 78.4 cm³/mol. The van der Waals surface area contributed by atoms with Crippen LogP contribution in [0.1, 0.15) is 22.3 Å². The third-order valence-corrected chi connectivity index (χ3v) is 4.46. The van der Waals surface area contributed by atoms with E-state index in [1.807, 2.05) is 0 Å². The van der Waals surface area contributed by atoms with E-state index in [9.17, 15) is 21.8 Å². The lowest BCUT2D eigenvalue weighted by Gasteiger charge is -2.09. The van der Waals surface area contributed by atoms with Crippen LogP contribution in [0.4, 0.5) is 4.39 Å². The van der Waals surface area contributed by atoms with Gasteiger partial charge < -0.3 is 5.32 Å². The molecular formula is C12H17FN2O4S2. The van der Waals surface area contributed by atoms with E-state index < -0.39 is 37.4 Å². The summed E-state index contributed by atoms with van der Waals surface area (Å²) in [6, 6.07) is 2.16. The van der Waals surface area contributed by atoms with E-state index in [-0.39, 0.29) is 11.1 Å². The molecule has 0 radical (unpaired) electrons. The van der Waals surface area contributed by atoms with Crippen LogP contribution in [0.5, 0.6) is 0 Å². The molecule has 1 unspecified atom stereocenters. The van der Waals surface area contributed by atoms with Gasteiger partial charge in [-0.25, -0.2) is 17.9 Å². The Morgan fingerprint density at radius 3 is 2.57 bits per heavy atom. The highest BCUT2D eigenvalue weighted by molar-refractivity contribution is 7.89. The fourth-order valence-corrected chi connectivity index (χ4v) is 2.91. The van der Waals surface area contributed by atoms with Gasteiger partial charge in [0.1, 0.15) is 10.7 Å². The van der Waals surface area contributed by atoms with Crippen molar-refractivity contribution in [2.45, 2.75) is 18.2 Å². The number of carbonyl (C=O) groups is 1. The molecule has 0 aromatic heterocycles. The van der Waals surface area contributed by atoms with Crippen LogP contribution in [-0.4, -0.2) is 37.1 Å². The van der Waals surface area contributed by atoms with E-state index >= 15 is 0 Å². The molecule has 3 N–H and O–H groups in total. The zero-order valence-corrected chi connectivity index (χ0v) is 13.3. The Bertz CT molecular complexity index is 674. The zero-order chi connectivity index (χ0) is 16.2. The van der Waals surface area contributed by atoms with Crippen LogP contribution < -0.4 is 10.5 Å². The zero-order valence-electron chi connectivity index (χ0n) is 11.7. The van der Waals surface area contributed by atoms with Gasteiger partial charge in [-0.1, -0.05) is 0 Å². The van der Waals surface area contributed by atoms with Crippen molar-refractivity contribution in [3.05, 3.63) is 29.1 Å². The number of primary sulfonamides is 1. The number of carbonyl (C=O) groups excluding carboxylic acids is 1. The van der Waals surface area contributed by atoms with Crippen molar-refractivity contribution in [1.82, 2.24) is 5.32 Å². The van der Waals surface area contributed by atoms with Gasteiger partial charge >= 0.3 is 0 Å². The van der Waals surface area contributed by atoms with Gasteiger partial charge in [0.15, 0.2) is 0 Å². The van der Waals surface area contributed by atoms with E-state index in [0.29, 0.717) is 18.7 Å². The topological polar surface area (TPSA) is 106 Å². The maximum Gasteiger partial charge on any atom is 0.251 e. The molecule has 0 bridgehead atoms. The largest absolute Gasteiger partial charge is 0.352 e. The lowest BCUT2D eigenvalue weighted by atomic mass is 10.1. The molecule has 0 aliphatic rings. The smallest absolute Gasteiger partial charge is 0.251 e. The number of nitrogens with one attached hydrogen (secondary N) is 1. The van der Waals surface area contributed by atoms with Crippen LogP contribution in [0.2, 0.25) is 0 Å². The Morgan fingerprint density at radius 2 is 2.05 bits per heavy atom. The Kier molecular flexibility index (Phi) is 5.99. The summed E-state index contributed by atoms with van der Waals surface area (Å²) in [6.45, 7) is 1.64. The lowest BCUT2D eigenvalue weighted by molar-refractivity contribution is 0.0953. The summed E-state index contributed by atoms with van der Waals surface area (Å²) in [6.07, 6.45) is 2.08. The van der Waals surface area contributed by atoms with E-state index in [1.165, 1.54) is 13.0 Å². The number of benzene rings is 1. The summed E-state index contributed by atoms with van der Waals surface area (Å²) in [7, 11) is -5.19. The number of nitrogens with two attached hydrogens (primary N) is 1. The number of amides is 1. The molecule has 1 atom stereocenters. The third kappa shape index (κ3) is 5.18. The summed E-state index contributed by atoms with van der Waals surface area (Å²) >= 11 is 0. The predicted octanol–water partition coefficient (Wildman–Crippen LogP) is 0.280. The number of aryl methyl sites for hydroxylation is 1. The molecule has 1 aromatic rings. The highest BCUT2D eigenvalue weighted by atomic mass is 32.2. The molecule has 118 valence electrons. The van der Waals surface area contributed by atoms with E-state index in [4.69, 9.17) is 5.14 Å². The first-order valence-corrected chi connectivity index (χ1v) is 9.31. The number of hydrogen-bond acceptors (Lipinski definition) is 4. The molecule has 0 saturated heterocycles. The quantitative estimate of drug-likeness (QED) is 0.728.